The van der Waals surface area contributed by atoms with E-state index < -0.39 is 40.5 Å². The number of anilines is 1. The highest BCUT2D eigenvalue weighted by molar-refractivity contribution is 5.85. The van der Waals surface area contributed by atoms with Gasteiger partial charge in [-0.15, -0.1) is 0 Å². The molecule has 15 heteroatoms. The first-order valence-corrected chi connectivity index (χ1v) is 12.3. The Kier molecular flexibility index (Phi) is 9.83. The van der Waals surface area contributed by atoms with Crippen molar-refractivity contribution in [3.8, 4) is 11.4 Å². The van der Waals surface area contributed by atoms with Crippen molar-refractivity contribution in [3.05, 3.63) is 80.6 Å². The molecule has 3 N–H and O–H groups in total. The maximum atomic E-state index is 14.2. The lowest BCUT2D eigenvalue weighted by Crippen LogP contribution is -2.24. The molecule has 0 amide bonds. The third-order valence-electron chi connectivity index (χ3n) is 6.06. The van der Waals surface area contributed by atoms with Crippen LogP contribution in [0.3, 0.4) is 0 Å². The number of H-pyrrole nitrogens is 1. The van der Waals surface area contributed by atoms with Gasteiger partial charge in [0.05, 0.1) is 28.4 Å². The van der Waals surface area contributed by atoms with Gasteiger partial charge >= 0.3 is 12.4 Å². The van der Waals surface area contributed by atoms with Crippen molar-refractivity contribution in [2.24, 2.45) is 7.05 Å². The number of nitrogens with two attached hydrogens (primary N) is 1. The number of nitrogen functional groups attached to an aromatic ring is 1. The van der Waals surface area contributed by atoms with Gasteiger partial charge in [0.25, 0.3) is 11.1 Å². The molecule has 0 radical (unpaired) electrons. The average Bonchev–Trinajstić information content (AvgIpc) is 2.91. The van der Waals surface area contributed by atoms with Gasteiger partial charge in [-0.3, -0.25) is 9.59 Å². The largest absolute Gasteiger partial charge is 0.423 e. The number of hydrogen-bond donors (Lipinski definition) is 2. The second-order valence-corrected chi connectivity index (χ2v) is 9.09. The molecule has 220 valence electrons. The van der Waals surface area contributed by atoms with Crippen LogP contribution in [0.15, 0.2) is 52.6 Å². The third-order valence-corrected chi connectivity index (χ3v) is 6.06. The van der Waals surface area contributed by atoms with Crippen molar-refractivity contribution in [2.45, 2.75) is 50.9 Å². The van der Waals surface area contributed by atoms with Crippen LogP contribution in [0.4, 0.5) is 36.4 Å². The van der Waals surface area contributed by atoms with Gasteiger partial charge in [-0.1, -0.05) is 38.5 Å². The Hall–Kier alpha value is -4.30. The molecule has 1 fully saturated rings. The molecule has 0 bridgehead atoms. The molecule has 3 aromatic heterocycles. The van der Waals surface area contributed by atoms with E-state index in [2.05, 4.69) is 15.1 Å². The number of aromatic nitrogens is 5. The minimum Gasteiger partial charge on any atom is -0.397 e. The molecule has 0 saturated heterocycles. The molecule has 1 aliphatic carbocycles. The maximum absolute atomic E-state index is 14.2. The summed E-state index contributed by atoms with van der Waals surface area (Å²) in [5, 5.41) is 5.36. The predicted molar refractivity (Wildman–Crippen MR) is 137 cm³/mol. The van der Waals surface area contributed by atoms with Gasteiger partial charge in [-0.05, 0) is 23.6 Å². The fraction of sp³-hybridized carbons (Fsp3) is 0.346. The van der Waals surface area contributed by atoms with E-state index in [1.54, 1.807) is 11.2 Å². The monoisotopic (exact) mass is 586 g/mol. The lowest BCUT2D eigenvalue weighted by atomic mass is 10.0. The van der Waals surface area contributed by atoms with Crippen LogP contribution in [0.1, 0.15) is 49.7 Å². The molecule has 3 heterocycles. The van der Waals surface area contributed by atoms with Gasteiger partial charge in [-0.25, -0.2) is 19.5 Å². The average molecular weight is 587 g/mol. The Balaban J connectivity index is 0.000000212. The van der Waals surface area contributed by atoms with Gasteiger partial charge in [0.15, 0.2) is 5.82 Å². The van der Waals surface area contributed by atoms with Gasteiger partial charge in [0, 0.05) is 25.6 Å². The molecule has 1 aliphatic rings. The number of fused-ring (bicyclic) bond motifs is 1. The molecule has 4 aromatic rings. The van der Waals surface area contributed by atoms with E-state index in [0.717, 1.165) is 12.3 Å². The molecule has 0 atom stereocenters. The van der Waals surface area contributed by atoms with E-state index in [1.165, 1.54) is 62.4 Å². The highest BCUT2D eigenvalue weighted by Crippen LogP contribution is 2.30. The predicted octanol–water partition coefficient (Wildman–Crippen LogP) is 5.86. The minimum absolute atomic E-state index is 0.0699. The molecular formula is C26H25F7N6O2. The van der Waals surface area contributed by atoms with Crippen LogP contribution in [0, 0.1) is 5.82 Å². The van der Waals surface area contributed by atoms with Crippen molar-refractivity contribution in [1.29, 1.82) is 0 Å². The molecule has 0 unspecified atom stereocenters. The van der Waals surface area contributed by atoms with E-state index in [-0.39, 0.29) is 22.3 Å². The summed E-state index contributed by atoms with van der Waals surface area (Å²) < 4.78 is 89.0. The Morgan fingerprint density at radius 2 is 1.44 bits per heavy atom. The molecule has 41 heavy (non-hydrogen) atoms. The summed E-state index contributed by atoms with van der Waals surface area (Å²) in [4.78, 5) is 29.6. The number of nitrogens with one attached hydrogen (secondary N) is 1. The van der Waals surface area contributed by atoms with Crippen molar-refractivity contribution >= 4 is 16.5 Å². The number of benzene rings is 1. The Bertz CT molecular complexity index is 1580. The SMILES string of the molecule is C1CCCCC1.Cn1ccc2cc(-c3ncc(C(F)(F)F)cn3)c(F)cc2c1=O.Nc1cn[nH]c(=O)c1C(F)(F)F. The molecular weight excluding hydrogens is 561 g/mol. The minimum atomic E-state index is -4.74. The van der Waals surface area contributed by atoms with Crippen LogP contribution in [0.5, 0.6) is 0 Å². The zero-order valence-corrected chi connectivity index (χ0v) is 21.6. The smallest absolute Gasteiger partial charge is 0.397 e. The van der Waals surface area contributed by atoms with Crippen LogP contribution in [0.2, 0.25) is 0 Å². The Morgan fingerprint density at radius 1 is 0.878 bits per heavy atom. The number of aromatic amines is 1. The third kappa shape index (κ3) is 8.11. The van der Waals surface area contributed by atoms with Gasteiger partial charge in [0.2, 0.25) is 0 Å². The van der Waals surface area contributed by atoms with E-state index in [4.69, 9.17) is 5.73 Å². The Morgan fingerprint density at radius 3 is 1.90 bits per heavy atom. The molecule has 0 spiro atoms. The Labute approximate surface area is 228 Å². The van der Waals surface area contributed by atoms with Gasteiger partial charge in [-0.2, -0.15) is 31.4 Å². The normalized spacial score (nSPS) is 13.6. The first-order chi connectivity index (χ1) is 19.2. The lowest BCUT2D eigenvalue weighted by Gasteiger charge is -2.08. The summed E-state index contributed by atoms with van der Waals surface area (Å²) in [7, 11) is 1.53. The summed E-state index contributed by atoms with van der Waals surface area (Å²) in [5.74, 6) is -0.960. The first kappa shape index (κ1) is 31.2. The highest BCUT2D eigenvalue weighted by atomic mass is 19.4. The zero-order valence-electron chi connectivity index (χ0n) is 21.6. The summed E-state index contributed by atoms with van der Waals surface area (Å²) >= 11 is 0. The highest BCUT2D eigenvalue weighted by Gasteiger charge is 2.36. The van der Waals surface area contributed by atoms with Gasteiger partial charge in [0.1, 0.15) is 11.4 Å². The number of hydrogen-bond acceptors (Lipinski definition) is 6. The molecule has 1 saturated carbocycles. The number of pyridine rings is 1. The van der Waals surface area contributed by atoms with E-state index in [0.29, 0.717) is 17.8 Å². The van der Waals surface area contributed by atoms with Crippen LogP contribution >= 0.6 is 0 Å². The van der Waals surface area contributed by atoms with Crippen molar-refractivity contribution in [3.63, 3.8) is 0 Å². The van der Waals surface area contributed by atoms with Crippen molar-refractivity contribution < 1.29 is 30.7 Å². The number of rotatable bonds is 1. The second kappa shape index (κ2) is 12.9. The number of alkyl halides is 6. The maximum Gasteiger partial charge on any atom is 0.423 e. The van der Waals surface area contributed by atoms with Crippen LogP contribution in [-0.2, 0) is 19.4 Å². The fourth-order valence-corrected chi connectivity index (χ4v) is 3.91. The van der Waals surface area contributed by atoms with Crippen LogP contribution in [0.25, 0.3) is 22.2 Å². The number of halogens is 7. The van der Waals surface area contributed by atoms with Gasteiger partial charge < -0.3 is 10.3 Å². The lowest BCUT2D eigenvalue weighted by molar-refractivity contribution is -0.138. The van der Waals surface area contributed by atoms with Crippen molar-refractivity contribution in [2.75, 3.05) is 5.73 Å². The zero-order chi connectivity index (χ0) is 30.4. The second-order valence-electron chi connectivity index (χ2n) is 9.09. The summed E-state index contributed by atoms with van der Waals surface area (Å²) in [6.45, 7) is 0. The van der Waals surface area contributed by atoms with Crippen molar-refractivity contribution in [1.82, 2.24) is 24.7 Å². The molecule has 1 aromatic carbocycles. The van der Waals surface area contributed by atoms with Crippen LogP contribution < -0.4 is 16.9 Å². The van der Waals surface area contributed by atoms with E-state index >= 15 is 0 Å². The van der Waals surface area contributed by atoms with E-state index in [9.17, 15) is 40.3 Å². The quantitative estimate of drug-likeness (QED) is 0.270. The summed E-state index contributed by atoms with van der Waals surface area (Å²) in [6, 6.07) is 3.98. The van der Waals surface area contributed by atoms with E-state index in [1.807, 2.05) is 0 Å². The summed E-state index contributed by atoms with van der Waals surface area (Å²) in [6.07, 6.45) is 3.14. The molecule has 8 nitrogen and oxygen atoms in total. The summed E-state index contributed by atoms with van der Waals surface area (Å²) in [5.41, 5.74) is 0.0331. The molecule has 0 aliphatic heterocycles. The number of nitrogens with zero attached hydrogens (tertiary/aromatic N) is 4. The number of aryl methyl sites for hydroxylation is 1. The molecule has 5 rings (SSSR count). The standard InChI is InChI=1S/C15H9F4N3O.C6H12.C5H4F3N3O/c1-22-3-2-8-4-11(12(16)5-10(8)14(22)23)13-20-6-9(7-21-13)15(17,18)19;1-2-4-6-5-3-1;6-5(7,8)3-2(9)1-10-11-4(3)12/h2-7H,1H3;1-6H2;1H,(H3,9,11,12). The van der Waals surface area contributed by atoms with Crippen LogP contribution in [-0.4, -0.2) is 24.7 Å². The fourth-order valence-electron chi connectivity index (χ4n) is 3.91. The first-order valence-electron chi connectivity index (χ1n) is 12.3. The topological polar surface area (TPSA) is 120 Å².